The number of nitro benzene ring substituents is 1. The van der Waals surface area contributed by atoms with Crippen LogP contribution in [-0.2, 0) is 4.74 Å². The van der Waals surface area contributed by atoms with Gasteiger partial charge in [0, 0.05) is 22.5 Å². The number of carbonyl (C=O) groups excluding carboxylic acids is 1. The Kier molecular flexibility index (Phi) is 5.62. The van der Waals surface area contributed by atoms with Crippen LogP contribution in [0.3, 0.4) is 0 Å². The fourth-order valence-corrected chi connectivity index (χ4v) is 4.78. The molecule has 0 heterocycles. The van der Waals surface area contributed by atoms with E-state index in [-0.39, 0.29) is 17.7 Å². The Bertz CT molecular complexity index is 1060. The zero-order valence-electron chi connectivity index (χ0n) is 15.7. The molecular weight excluding hydrogens is 434 g/mol. The lowest BCUT2D eigenvalue weighted by atomic mass is 9.80. The number of benzene rings is 3. The first-order valence-corrected chi connectivity index (χ1v) is 10.5. The third-order valence-electron chi connectivity index (χ3n) is 5.56. The Morgan fingerprint density at radius 3 is 2.48 bits per heavy atom. The van der Waals surface area contributed by atoms with Gasteiger partial charge in [0.25, 0.3) is 5.69 Å². The van der Waals surface area contributed by atoms with Crippen LogP contribution in [0.1, 0.15) is 47.5 Å². The SMILES string of the molecule is O=C(O[C@@H]1CCCC[C@@H]1c1c(Br)ccc2ccccc12)c1ccc([N+](=O)[O-])cc1. The molecule has 5 nitrogen and oxygen atoms in total. The summed E-state index contributed by atoms with van der Waals surface area (Å²) in [6, 6.07) is 18.0. The number of carbonyl (C=O) groups is 1. The fraction of sp³-hybridized carbons (Fsp3) is 0.261. The average molecular weight is 454 g/mol. The molecule has 1 fully saturated rings. The van der Waals surface area contributed by atoms with E-state index < -0.39 is 10.9 Å². The Labute approximate surface area is 177 Å². The van der Waals surface area contributed by atoms with Gasteiger partial charge in [-0.2, -0.15) is 0 Å². The lowest BCUT2D eigenvalue weighted by Gasteiger charge is -2.33. The number of fused-ring (bicyclic) bond motifs is 1. The third-order valence-corrected chi connectivity index (χ3v) is 6.25. The normalized spacial score (nSPS) is 19.1. The molecule has 4 rings (SSSR count). The summed E-state index contributed by atoms with van der Waals surface area (Å²) in [7, 11) is 0. The average Bonchev–Trinajstić information content (AvgIpc) is 2.74. The lowest BCUT2D eigenvalue weighted by molar-refractivity contribution is -0.384. The predicted octanol–water partition coefficient (Wildman–Crippen LogP) is 6.39. The number of non-ortho nitro benzene ring substituents is 1. The maximum Gasteiger partial charge on any atom is 0.338 e. The summed E-state index contributed by atoms with van der Waals surface area (Å²) in [5.41, 5.74) is 1.47. The van der Waals surface area contributed by atoms with Gasteiger partial charge in [0.1, 0.15) is 6.10 Å². The number of nitrogens with zero attached hydrogens (tertiary/aromatic N) is 1. The predicted molar refractivity (Wildman–Crippen MR) is 115 cm³/mol. The second-order valence-electron chi connectivity index (χ2n) is 7.32. The molecule has 3 aromatic rings. The van der Waals surface area contributed by atoms with Crippen LogP contribution in [0.4, 0.5) is 5.69 Å². The minimum atomic E-state index is -0.482. The van der Waals surface area contributed by atoms with Crippen LogP contribution in [0.5, 0.6) is 0 Å². The zero-order chi connectivity index (χ0) is 20.4. The van der Waals surface area contributed by atoms with Gasteiger partial charge < -0.3 is 4.74 Å². The Balaban J connectivity index is 1.62. The summed E-state index contributed by atoms with van der Waals surface area (Å²) < 4.78 is 6.95. The topological polar surface area (TPSA) is 69.4 Å². The summed E-state index contributed by atoms with van der Waals surface area (Å²) in [6.07, 6.45) is 3.63. The molecule has 0 aliphatic heterocycles. The van der Waals surface area contributed by atoms with E-state index in [4.69, 9.17) is 4.74 Å². The summed E-state index contributed by atoms with van der Waals surface area (Å²) in [5, 5.41) is 13.2. The number of hydrogen-bond acceptors (Lipinski definition) is 4. The molecule has 0 unspecified atom stereocenters. The summed E-state index contributed by atoms with van der Waals surface area (Å²) in [6.45, 7) is 0. The lowest BCUT2D eigenvalue weighted by Crippen LogP contribution is -2.29. The Hall–Kier alpha value is -2.73. The number of halogens is 1. The molecule has 0 aromatic heterocycles. The summed E-state index contributed by atoms with van der Waals surface area (Å²) in [5.74, 6) is -0.334. The molecule has 29 heavy (non-hydrogen) atoms. The van der Waals surface area contributed by atoms with Crippen LogP contribution in [0, 0.1) is 10.1 Å². The van der Waals surface area contributed by atoms with Gasteiger partial charge in [-0.25, -0.2) is 4.79 Å². The molecule has 148 valence electrons. The molecule has 1 saturated carbocycles. The van der Waals surface area contributed by atoms with E-state index in [0.717, 1.165) is 35.5 Å². The number of esters is 1. The number of ether oxygens (including phenoxy) is 1. The van der Waals surface area contributed by atoms with Gasteiger partial charge in [-0.3, -0.25) is 10.1 Å². The van der Waals surface area contributed by atoms with Gasteiger partial charge in [0.05, 0.1) is 10.5 Å². The van der Waals surface area contributed by atoms with Gasteiger partial charge in [0.15, 0.2) is 0 Å². The van der Waals surface area contributed by atoms with Gasteiger partial charge in [-0.15, -0.1) is 0 Å². The van der Waals surface area contributed by atoms with E-state index in [0.29, 0.717) is 5.56 Å². The Morgan fingerprint density at radius 1 is 1.00 bits per heavy atom. The highest BCUT2D eigenvalue weighted by atomic mass is 79.9. The molecule has 0 amide bonds. The minimum Gasteiger partial charge on any atom is -0.458 e. The first-order chi connectivity index (χ1) is 14.0. The molecule has 0 radical (unpaired) electrons. The van der Waals surface area contributed by atoms with Crippen molar-refractivity contribution in [3.8, 4) is 0 Å². The quantitative estimate of drug-likeness (QED) is 0.260. The van der Waals surface area contributed by atoms with Crippen molar-refractivity contribution in [1.82, 2.24) is 0 Å². The standard InChI is InChI=1S/C23H20BrNO4/c24-20-14-11-15-5-1-2-6-18(15)22(20)19-7-3-4-8-21(19)29-23(26)16-9-12-17(13-10-16)25(27)28/h1-2,5-6,9-14,19,21H,3-4,7-8H2/t19-,21+/m0/s1. The number of rotatable bonds is 4. The molecule has 0 bridgehead atoms. The van der Waals surface area contributed by atoms with Gasteiger partial charge >= 0.3 is 5.97 Å². The van der Waals surface area contributed by atoms with Gasteiger partial charge in [-0.05, 0) is 53.8 Å². The third kappa shape index (κ3) is 4.03. The van der Waals surface area contributed by atoms with E-state index in [1.165, 1.54) is 35.2 Å². The molecule has 1 aliphatic carbocycles. The monoisotopic (exact) mass is 453 g/mol. The molecule has 6 heteroatoms. The van der Waals surface area contributed by atoms with Crippen molar-refractivity contribution in [1.29, 1.82) is 0 Å². The fourth-order valence-electron chi connectivity index (χ4n) is 4.14. The van der Waals surface area contributed by atoms with Crippen LogP contribution < -0.4 is 0 Å². The molecule has 3 aromatic carbocycles. The van der Waals surface area contributed by atoms with Crippen molar-refractivity contribution >= 4 is 38.4 Å². The van der Waals surface area contributed by atoms with Crippen molar-refractivity contribution in [3.63, 3.8) is 0 Å². The second-order valence-corrected chi connectivity index (χ2v) is 8.18. The van der Waals surface area contributed by atoms with E-state index in [1.807, 2.05) is 12.1 Å². The molecular formula is C23H20BrNO4. The summed E-state index contributed by atoms with van der Waals surface area (Å²) in [4.78, 5) is 23.1. The highest BCUT2D eigenvalue weighted by Gasteiger charge is 2.32. The molecule has 1 aliphatic rings. The molecule has 0 spiro atoms. The van der Waals surface area contributed by atoms with E-state index in [1.54, 1.807) is 0 Å². The zero-order valence-corrected chi connectivity index (χ0v) is 17.3. The van der Waals surface area contributed by atoms with Crippen molar-refractivity contribution < 1.29 is 14.5 Å². The molecule has 0 saturated heterocycles. The smallest absolute Gasteiger partial charge is 0.338 e. The highest BCUT2D eigenvalue weighted by molar-refractivity contribution is 9.10. The van der Waals surface area contributed by atoms with Crippen LogP contribution in [-0.4, -0.2) is 17.0 Å². The van der Waals surface area contributed by atoms with Crippen molar-refractivity contribution in [2.45, 2.75) is 37.7 Å². The number of hydrogen-bond donors (Lipinski definition) is 0. The van der Waals surface area contributed by atoms with Crippen LogP contribution in [0.15, 0.2) is 65.1 Å². The van der Waals surface area contributed by atoms with Crippen LogP contribution in [0.2, 0.25) is 0 Å². The van der Waals surface area contributed by atoms with Crippen LogP contribution >= 0.6 is 15.9 Å². The van der Waals surface area contributed by atoms with Gasteiger partial charge in [-0.1, -0.05) is 52.7 Å². The summed E-state index contributed by atoms with van der Waals surface area (Å²) >= 11 is 3.71. The van der Waals surface area contributed by atoms with Crippen molar-refractivity contribution in [2.75, 3.05) is 0 Å². The van der Waals surface area contributed by atoms with Crippen molar-refractivity contribution in [2.24, 2.45) is 0 Å². The highest BCUT2D eigenvalue weighted by Crippen LogP contribution is 2.42. The first kappa shape index (κ1) is 19.6. The molecule has 2 atom stereocenters. The first-order valence-electron chi connectivity index (χ1n) is 9.67. The molecule has 0 N–H and O–H groups in total. The second kappa shape index (κ2) is 8.33. The maximum atomic E-state index is 12.7. The van der Waals surface area contributed by atoms with Gasteiger partial charge in [0.2, 0.25) is 0 Å². The van der Waals surface area contributed by atoms with Crippen molar-refractivity contribution in [3.05, 3.63) is 86.4 Å². The van der Waals surface area contributed by atoms with E-state index >= 15 is 0 Å². The van der Waals surface area contributed by atoms with E-state index in [9.17, 15) is 14.9 Å². The van der Waals surface area contributed by atoms with Crippen LogP contribution in [0.25, 0.3) is 10.8 Å². The Morgan fingerprint density at radius 2 is 1.72 bits per heavy atom. The largest absolute Gasteiger partial charge is 0.458 e. The van der Waals surface area contributed by atoms with E-state index in [2.05, 4.69) is 40.2 Å². The maximum absolute atomic E-state index is 12.7. The minimum absolute atomic E-state index is 0.0446. The number of nitro groups is 1.